The van der Waals surface area contributed by atoms with Crippen LogP contribution in [-0.2, 0) is 4.79 Å². The molecule has 2 N–H and O–H groups in total. The van der Waals surface area contributed by atoms with Crippen LogP contribution in [0.4, 0.5) is 10.1 Å². The highest BCUT2D eigenvalue weighted by Gasteiger charge is 2.24. The van der Waals surface area contributed by atoms with E-state index in [2.05, 4.69) is 15.2 Å². The molecule has 116 valence electrons. The molecule has 0 radical (unpaired) electrons. The quantitative estimate of drug-likeness (QED) is 0.891. The summed E-state index contributed by atoms with van der Waals surface area (Å²) in [4.78, 5) is 28.6. The lowest BCUT2D eigenvalue weighted by Crippen LogP contribution is -2.36. The van der Waals surface area contributed by atoms with E-state index in [1.165, 1.54) is 18.3 Å². The van der Waals surface area contributed by atoms with Crippen LogP contribution < -0.4 is 10.9 Å². The highest BCUT2D eigenvalue weighted by molar-refractivity contribution is 5.95. The van der Waals surface area contributed by atoms with Crippen LogP contribution >= 0.6 is 0 Å². The zero-order valence-corrected chi connectivity index (χ0v) is 12.4. The smallest absolute Gasteiger partial charge is 0.255 e. The number of anilines is 1. The van der Waals surface area contributed by atoms with Gasteiger partial charge >= 0.3 is 0 Å². The molecular formula is C16H18FN3O2. The molecule has 3 rings (SSSR count). The Bertz CT molecular complexity index is 764. The molecule has 0 unspecified atom stereocenters. The Balaban J connectivity index is 1.83. The SMILES string of the molecule is CN1CCC(C(=O)Nc2cc3cc[nH]c(=O)c3cc2F)CC1. The number of amides is 1. The molecule has 1 aliphatic rings. The summed E-state index contributed by atoms with van der Waals surface area (Å²) in [7, 11) is 2.02. The molecule has 0 saturated carbocycles. The average molecular weight is 303 g/mol. The van der Waals surface area contributed by atoms with Crippen LogP contribution in [0.5, 0.6) is 0 Å². The number of aromatic amines is 1. The van der Waals surface area contributed by atoms with Crippen molar-refractivity contribution in [3.63, 3.8) is 0 Å². The number of nitrogens with zero attached hydrogens (tertiary/aromatic N) is 1. The molecule has 0 bridgehead atoms. The third-order valence-corrected chi connectivity index (χ3v) is 4.21. The van der Waals surface area contributed by atoms with E-state index in [0.717, 1.165) is 25.9 Å². The number of fused-ring (bicyclic) bond motifs is 1. The Morgan fingerprint density at radius 3 is 2.82 bits per heavy atom. The highest BCUT2D eigenvalue weighted by atomic mass is 19.1. The number of carbonyl (C=O) groups is 1. The van der Waals surface area contributed by atoms with Crippen LogP contribution in [0, 0.1) is 11.7 Å². The van der Waals surface area contributed by atoms with E-state index >= 15 is 0 Å². The largest absolute Gasteiger partial charge is 0.329 e. The van der Waals surface area contributed by atoms with E-state index in [1.807, 2.05) is 7.05 Å². The first-order valence-corrected chi connectivity index (χ1v) is 7.35. The minimum Gasteiger partial charge on any atom is -0.329 e. The number of pyridine rings is 1. The number of aromatic nitrogens is 1. The number of hydrogen-bond donors (Lipinski definition) is 2. The van der Waals surface area contributed by atoms with Gasteiger partial charge in [0, 0.05) is 12.1 Å². The Morgan fingerprint density at radius 2 is 2.09 bits per heavy atom. The van der Waals surface area contributed by atoms with Gasteiger partial charge in [0.15, 0.2) is 0 Å². The summed E-state index contributed by atoms with van der Waals surface area (Å²) in [6.07, 6.45) is 3.06. The second-order valence-electron chi connectivity index (χ2n) is 5.79. The minimum atomic E-state index is -0.592. The van der Waals surface area contributed by atoms with E-state index < -0.39 is 5.82 Å². The van der Waals surface area contributed by atoms with Crippen LogP contribution in [0.15, 0.2) is 29.2 Å². The van der Waals surface area contributed by atoms with Gasteiger partial charge in [-0.1, -0.05) is 0 Å². The van der Waals surface area contributed by atoms with Crippen LogP contribution in [0.1, 0.15) is 12.8 Å². The first-order valence-electron chi connectivity index (χ1n) is 7.35. The van der Waals surface area contributed by atoms with E-state index in [-0.39, 0.29) is 28.5 Å². The second kappa shape index (κ2) is 5.88. The number of halogens is 1. The number of hydrogen-bond acceptors (Lipinski definition) is 3. The molecule has 1 aromatic heterocycles. The first-order chi connectivity index (χ1) is 10.5. The van der Waals surface area contributed by atoms with Crippen molar-refractivity contribution in [1.29, 1.82) is 0 Å². The molecule has 1 aromatic carbocycles. The van der Waals surface area contributed by atoms with Crippen molar-refractivity contribution in [3.05, 3.63) is 40.6 Å². The lowest BCUT2D eigenvalue weighted by atomic mass is 9.96. The van der Waals surface area contributed by atoms with Crippen molar-refractivity contribution in [1.82, 2.24) is 9.88 Å². The summed E-state index contributed by atoms with van der Waals surface area (Å²) in [6.45, 7) is 1.74. The zero-order chi connectivity index (χ0) is 15.7. The number of piperidine rings is 1. The molecule has 0 aliphatic carbocycles. The van der Waals surface area contributed by atoms with Gasteiger partial charge in [0.25, 0.3) is 5.56 Å². The molecule has 2 aromatic rings. The summed E-state index contributed by atoms with van der Waals surface area (Å²) < 4.78 is 14.1. The van der Waals surface area contributed by atoms with Crippen molar-refractivity contribution in [2.24, 2.45) is 5.92 Å². The van der Waals surface area contributed by atoms with Crippen molar-refractivity contribution in [2.45, 2.75) is 12.8 Å². The van der Waals surface area contributed by atoms with Crippen molar-refractivity contribution >= 4 is 22.4 Å². The maximum absolute atomic E-state index is 14.1. The molecule has 1 aliphatic heterocycles. The van der Waals surface area contributed by atoms with Crippen LogP contribution in [-0.4, -0.2) is 35.9 Å². The maximum Gasteiger partial charge on any atom is 0.255 e. The van der Waals surface area contributed by atoms with Crippen molar-refractivity contribution in [2.75, 3.05) is 25.5 Å². The van der Waals surface area contributed by atoms with E-state index in [9.17, 15) is 14.0 Å². The number of rotatable bonds is 2. The lowest BCUT2D eigenvalue weighted by Gasteiger charge is -2.28. The monoisotopic (exact) mass is 303 g/mol. The van der Waals surface area contributed by atoms with Gasteiger partial charge in [-0.3, -0.25) is 9.59 Å². The predicted octanol–water partition coefficient (Wildman–Crippen LogP) is 1.95. The van der Waals surface area contributed by atoms with Gasteiger partial charge in [-0.25, -0.2) is 4.39 Å². The van der Waals surface area contributed by atoms with Crippen LogP contribution in [0.2, 0.25) is 0 Å². The van der Waals surface area contributed by atoms with Gasteiger partial charge in [0.05, 0.1) is 11.1 Å². The molecule has 2 heterocycles. The zero-order valence-electron chi connectivity index (χ0n) is 12.4. The standard InChI is InChI=1S/C16H18FN3O2/c1-20-6-3-10(4-7-20)15(21)19-14-8-11-2-5-18-16(22)12(11)9-13(14)17/h2,5,8-10H,3-4,6-7H2,1H3,(H,18,22)(H,19,21). The molecule has 0 atom stereocenters. The summed E-state index contributed by atoms with van der Waals surface area (Å²) >= 11 is 0. The van der Waals surface area contributed by atoms with Gasteiger partial charge < -0.3 is 15.2 Å². The fourth-order valence-electron chi connectivity index (χ4n) is 2.81. The number of nitrogens with one attached hydrogen (secondary N) is 2. The average Bonchev–Trinajstić information content (AvgIpc) is 2.50. The molecule has 6 heteroatoms. The van der Waals surface area contributed by atoms with Crippen LogP contribution in [0.25, 0.3) is 10.8 Å². The fraction of sp³-hybridized carbons (Fsp3) is 0.375. The molecule has 5 nitrogen and oxygen atoms in total. The van der Waals surface area contributed by atoms with E-state index in [0.29, 0.717) is 5.39 Å². The van der Waals surface area contributed by atoms with Crippen LogP contribution in [0.3, 0.4) is 0 Å². The van der Waals surface area contributed by atoms with Gasteiger partial charge in [0.2, 0.25) is 5.91 Å². The molecular weight excluding hydrogens is 285 g/mol. The van der Waals surface area contributed by atoms with E-state index in [4.69, 9.17) is 0 Å². The summed E-state index contributed by atoms with van der Waals surface area (Å²) in [6, 6.07) is 4.35. The number of H-pyrrole nitrogens is 1. The van der Waals surface area contributed by atoms with Gasteiger partial charge in [-0.05, 0) is 56.6 Å². The van der Waals surface area contributed by atoms with Crippen molar-refractivity contribution < 1.29 is 9.18 Å². The first kappa shape index (κ1) is 14.7. The lowest BCUT2D eigenvalue weighted by molar-refractivity contribution is -0.121. The third-order valence-electron chi connectivity index (χ3n) is 4.21. The predicted molar refractivity (Wildman–Crippen MR) is 83.4 cm³/mol. The maximum atomic E-state index is 14.1. The van der Waals surface area contributed by atoms with E-state index in [1.54, 1.807) is 6.07 Å². The number of benzene rings is 1. The van der Waals surface area contributed by atoms with Crippen molar-refractivity contribution in [3.8, 4) is 0 Å². The number of likely N-dealkylation sites (tertiary alicyclic amines) is 1. The van der Waals surface area contributed by atoms with Gasteiger partial charge in [-0.2, -0.15) is 0 Å². The molecule has 1 amide bonds. The third kappa shape index (κ3) is 2.87. The molecule has 0 spiro atoms. The minimum absolute atomic E-state index is 0.0922. The van der Waals surface area contributed by atoms with Gasteiger partial charge in [-0.15, -0.1) is 0 Å². The highest BCUT2D eigenvalue weighted by Crippen LogP contribution is 2.23. The Kier molecular flexibility index (Phi) is 3.94. The fourth-order valence-corrected chi connectivity index (χ4v) is 2.81. The Hall–Kier alpha value is -2.21. The van der Waals surface area contributed by atoms with Gasteiger partial charge in [0.1, 0.15) is 5.82 Å². The molecule has 1 fully saturated rings. The topological polar surface area (TPSA) is 65.2 Å². The number of carbonyl (C=O) groups excluding carboxylic acids is 1. The molecule has 22 heavy (non-hydrogen) atoms. The summed E-state index contributed by atoms with van der Waals surface area (Å²) in [5.41, 5.74) is -0.216. The Morgan fingerprint density at radius 1 is 1.36 bits per heavy atom. The summed E-state index contributed by atoms with van der Waals surface area (Å²) in [5, 5.41) is 3.54. The normalized spacial score (nSPS) is 16.8. The molecule has 1 saturated heterocycles. The second-order valence-corrected chi connectivity index (χ2v) is 5.79. The Labute approximate surface area is 127 Å². The summed E-state index contributed by atoms with van der Waals surface area (Å²) in [5.74, 6) is -0.841.